The van der Waals surface area contributed by atoms with Crippen molar-refractivity contribution < 1.29 is 0 Å². The molecule has 1 N–H and O–H groups in total. The van der Waals surface area contributed by atoms with Gasteiger partial charge in [-0.2, -0.15) is 0 Å². The van der Waals surface area contributed by atoms with Crippen molar-refractivity contribution in [1.29, 1.82) is 0 Å². The highest BCUT2D eigenvalue weighted by atomic mass is 32.1. The summed E-state index contributed by atoms with van der Waals surface area (Å²) in [5.74, 6) is 2.18. The summed E-state index contributed by atoms with van der Waals surface area (Å²) >= 11 is 1.74. The lowest BCUT2D eigenvalue weighted by Crippen LogP contribution is -2.07. The monoisotopic (exact) mass is 262 g/mol. The molecule has 0 spiro atoms. The number of nitrogens with one attached hydrogen (secondary N) is 1. The van der Waals surface area contributed by atoms with Crippen LogP contribution < -0.4 is 5.32 Å². The Balaban J connectivity index is 1.84. The normalized spacial score (nSPS) is 10.9. The Hall–Kier alpha value is -1.49. The number of rotatable bonds is 5. The minimum Gasteiger partial charge on any atom is -0.370 e. The lowest BCUT2D eigenvalue weighted by atomic mass is 10.2. The molecular formula is C13H18N4S. The number of anilines is 1. The SMILES string of the molecule is Cc1nccc(NCCc2csc(C(C)C)n2)n1. The van der Waals surface area contributed by atoms with Crippen molar-refractivity contribution >= 4 is 17.2 Å². The Morgan fingerprint density at radius 1 is 1.33 bits per heavy atom. The fraction of sp³-hybridized carbons (Fsp3) is 0.462. The molecule has 0 amide bonds. The molecule has 0 aliphatic carbocycles. The summed E-state index contributed by atoms with van der Waals surface area (Å²) in [6, 6.07) is 1.88. The molecule has 2 heterocycles. The van der Waals surface area contributed by atoms with Crippen LogP contribution in [0, 0.1) is 6.92 Å². The van der Waals surface area contributed by atoms with Crippen LogP contribution in [-0.2, 0) is 6.42 Å². The van der Waals surface area contributed by atoms with Crippen LogP contribution in [0.15, 0.2) is 17.6 Å². The number of aryl methyl sites for hydroxylation is 1. The fourth-order valence-corrected chi connectivity index (χ4v) is 2.45. The largest absolute Gasteiger partial charge is 0.370 e. The van der Waals surface area contributed by atoms with Gasteiger partial charge in [0.25, 0.3) is 0 Å². The first kappa shape index (κ1) is 13.0. The van der Waals surface area contributed by atoms with Gasteiger partial charge in [-0.05, 0) is 13.0 Å². The summed E-state index contributed by atoms with van der Waals surface area (Å²) in [6.45, 7) is 7.08. The highest BCUT2D eigenvalue weighted by molar-refractivity contribution is 7.09. The molecule has 0 atom stereocenters. The van der Waals surface area contributed by atoms with E-state index in [9.17, 15) is 0 Å². The van der Waals surface area contributed by atoms with Gasteiger partial charge in [0.2, 0.25) is 0 Å². The van der Waals surface area contributed by atoms with Crippen molar-refractivity contribution in [1.82, 2.24) is 15.0 Å². The molecule has 96 valence electrons. The van der Waals surface area contributed by atoms with E-state index in [0.29, 0.717) is 5.92 Å². The molecule has 2 aromatic heterocycles. The van der Waals surface area contributed by atoms with Crippen LogP contribution >= 0.6 is 11.3 Å². The number of hydrogen-bond donors (Lipinski definition) is 1. The molecule has 0 unspecified atom stereocenters. The van der Waals surface area contributed by atoms with Crippen molar-refractivity contribution in [3.63, 3.8) is 0 Å². The van der Waals surface area contributed by atoms with Crippen molar-refractivity contribution in [3.8, 4) is 0 Å². The molecule has 0 fully saturated rings. The van der Waals surface area contributed by atoms with Gasteiger partial charge in [0.15, 0.2) is 0 Å². The Kier molecular flexibility index (Phi) is 4.25. The van der Waals surface area contributed by atoms with Gasteiger partial charge < -0.3 is 5.32 Å². The van der Waals surface area contributed by atoms with Crippen LogP contribution in [-0.4, -0.2) is 21.5 Å². The average molecular weight is 262 g/mol. The fourth-order valence-electron chi connectivity index (χ4n) is 1.58. The van der Waals surface area contributed by atoms with Crippen LogP contribution in [0.1, 0.15) is 36.3 Å². The molecule has 4 nitrogen and oxygen atoms in total. The maximum absolute atomic E-state index is 4.60. The Labute approximate surface area is 112 Å². The Morgan fingerprint density at radius 2 is 2.17 bits per heavy atom. The van der Waals surface area contributed by atoms with E-state index in [1.165, 1.54) is 5.01 Å². The third-order valence-corrected chi connectivity index (χ3v) is 3.72. The Morgan fingerprint density at radius 3 is 2.83 bits per heavy atom. The second kappa shape index (κ2) is 5.91. The minimum absolute atomic E-state index is 0.515. The molecule has 0 aromatic carbocycles. The van der Waals surface area contributed by atoms with Gasteiger partial charge in [-0.25, -0.2) is 15.0 Å². The van der Waals surface area contributed by atoms with Gasteiger partial charge in [-0.1, -0.05) is 13.8 Å². The van der Waals surface area contributed by atoms with Crippen LogP contribution in [0.5, 0.6) is 0 Å². The van der Waals surface area contributed by atoms with Gasteiger partial charge in [0, 0.05) is 30.5 Å². The molecule has 18 heavy (non-hydrogen) atoms. The zero-order valence-corrected chi connectivity index (χ0v) is 11.8. The third-order valence-electron chi connectivity index (χ3n) is 2.53. The van der Waals surface area contributed by atoms with E-state index in [1.54, 1.807) is 17.5 Å². The quantitative estimate of drug-likeness (QED) is 0.900. The first-order valence-corrected chi connectivity index (χ1v) is 7.01. The molecule has 5 heteroatoms. The van der Waals surface area contributed by atoms with E-state index >= 15 is 0 Å². The van der Waals surface area contributed by atoms with Gasteiger partial charge in [-0.15, -0.1) is 11.3 Å². The molecule has 0 bridgehead atoms. The van der Waals surface area contributed by atoms with E-state index in [0.717, 1.165) is 30.3 Å². The lowest BCUT2D eigenvalue weighted by Gasteiger charge is -2.04. The van der Waals surface area contributed by atoms with Gasteiger partial charge in [0.1, 0.15) is 11.6 Å². The zero-order valence-electron chi connectivity index (χ0n) is 11.0. The number of thiazole rings is 1. The van der Waals surface area contributed by atoms with E-state index in [-0.39, 0.29) is 0 Å². The van der Waals surface area contributed by atoms with Gasteiger partial charge in [-0.3, -0.25) is 0 Å². The standard InChI is InChI=1S/C13H18N4S/c1-9(2)13-17-11(8-18-13)4-6-15-12-5-7-14-10(3)16-12/h5,7-9H,4,6H2,1-3H3,(H,14,15,16). The third kappa shape index (κ3) is 3.50. The number of nitrogens with zero attached hydrogens (tertiary/aromatic N) is 3. The second-order valence-corrected chi connectivity index (χ2v) is 5.39. The maximum Gasteiger partial charge on any atom is 0.129 e. The predicted octanol–water partition coefficient (Wildman–Crippen LogP) is 3.02. The van der Waals surface area contributed by atoms with E-state index in [1.807, 2.05) is 13.0 Å². The van der Waals surface area contributed by atoms with Crippen molar-refractivity contribution in [2.75, 3.05) is 11.9 Å². The summed E-state index contributed by atoms with van der Waals surface area (Å²) in [6.07, 6.45) is 2.69. The summed E-state index contributed by atoms with van der Waals surface area (Å²) in [7, 11) is 0. The molecule has 0 aliphatic rings. The average Bonchev–Trinajstić information content (AvgIpc) is 2.78. The number of aromatic nitrogens is 3. The summed E-state index contributed by atoms with van der Waals surface area (Å²) in [4.78, 5) is 13.0. The van der Waals surface area contributed by atoms with Crippen LogP contribution in [0.3, 0.4) is 0 Å². The van der Waals surface area contributed by atoms with Gasteiger partial charge in [0.05, 0.1) is 10.7 Å². The molecule has 0 aliphatic heterocycles. The van der Waals surface area contributed by atoms with Crippen LogP contribution in [0.25, 0.3) is 0 Å². The van der Waals surface area contributed by atoms with E-state index in [4.69, 9.17) is 0 Å². The van der Waals surface area contributed by atoms with Crippen molar-refractivity contribution in [2.45, 2.75) is 33.1 Å². The van der Waals surface area contributed by atoms with Crippen molar-refractivity contribution in [2.24, 2.45) is 0 Å². The van der Waals surface area contributed by atoms with Crippen LogP contribution in [0.4, 0.5) is 5.82 Å². The topological polar surface area (TPSA) is 50.7 Å². The molecule has 2 aromatic rings. The summed E-state index contributed by atoms with van der Waals surface area (Å²) in [5.41, 5.74) is 1.15. The summed E-state index contributed by atoms with van der Waals surface area (Å²) < 4.78 is 0. The highest BCUT2D eigenvalue weighted by Gasteiger charge is 2.05. The first-order chi connectivity index (χ1) is 8.65. The smallest absolute Gasteiger partial charge is 0.129 e. The summed E-state index contributed by atoms with van der Waals surface area (Å²) in [5, 5.41) is 6.64. The van der Waals surface area contributed by atoms with Crippen LogP contribution in [0.2, 0.25) is 0 Å². The minimum atomic E-state index is 0.515. The highest BCUT2D eigenvalue weighted by Crippen LogP contribution is 2.19. The first-order valence-electron chi connectivity index (χ1n) is 6.13. The van der Waals surface area contributed by atoms with Gasteiger partial charge >= 0.3 is 0 Å². The van der Waals surface area contributed by atoms with E-state index in [2.05, 4.69) is 39.5 Å². The molecule has 0 saturated carbocycles. The Bertz CT molecular complexity index is 507. The maximum atomic E-state index is 4.60. The van der Waals surface area contributed by atoms with E-state index < -0.39 is 0 Å². The second-order valence-electron chi connectivity index (χ2n) is 4.50. The zero-order chi connectivity index (χ0) is 13.0. The van der Waals surface area contributed by atoms with Crippen molar-refractivity contribution in [3.05, 3.63) is 34.2 Å². The molecular weight excluding hydrogens is 244 g/mol. The number of hydrogen-bond acceptors (Lipinski definition) is 5. The molecule has 2 rings (SSSR count). The predicted molar refractivity (Wildman–Crippen MR) is 75.2 cm³/mol. The molecule has 0 saturated heterocycles. The molecule has 0 radical (unpaired) electrons. The lowest BCUT2D eigenvalue weighted by molar-refractivity contribution is 0.835.